The molecule has 2 saturated carbocycles. The molecule has 0 spiro atoms. The number of hydrogen-bond acceptors (Lipinski definition) is 9. The number of fused-ring (bicyclic) bond motifs is 1. The monoisotopic (exact) mass is 689 g/mol. The molecular formula is C36H43N5O7S. The standard InChI is InChI=1S/C36H43N5O7S/c1-6-23-20-36(23,34(44)40-49(45,46)27-13-14-27)39-31(42)29-19-26(48-32-28-15-12-25(47-5)18-22(28)16-17-37-32)21-41(29)33(43)30(35(2,3)4)38-24-10-8-7-9-11-24/h6-12,15-18,23,26-27,29-30,38H,1,13-14,19-21H2,2-5H3,(H,39,42)(H,40,44)/t23-,26-,29+,30-,36-/m1/s1. The maximum atomic E-state index is 14.5. The molecule has 3 aliphatic rings. The van der Waals surface area contributed by atoms with Crippen LogP contribution in [-0.2, 0) is 24.4 Å². The Morgan fingerprint density at radius 1 is 1.10 bits per heavy atom. The molecule has 0 bridgehead atoms. The van der Waals surface area contributed by atoms with E-state index in [-0.39, 0.29) is 25.3 Å². The van der Waals surface area contributed by atoms with Crippen LogP contribution < -0.4 is 24.8 Å². The van der Waals surface area contributed by atoms with Gasteiger partial charge in [-0.05, 0) is 66.5 Å². The lowest BCUT2D eigenvalue weighted by molar-refractivity contribution is -0.141. The molecule has 5 atom stereocenters. The molecule has 6 rings (SSSR count). The molecule has 3 aromatic rings. The summed E-state index contributed by atoms with van der Waals surface area (Å²) in [7, 11) is -2.27. The highest BCUT2D eigenvalue weighted by atomic mass is 32.2. The molecule has 49 heavy (non-hydrogen) atoms. The minimum atomic E-state index is -3.86. The predicted octanol–water partition coefficient (Wildman–Crippen LogP) is 3.79. The number of methoxy groups -OCH3 is 1. The number of sulfonamides is 1. The third kappa shape index (κ3) is 7.08. The van der Waals surface area contributed by atoms with Crippen molar-refractivity contribution in [3.63, 3.8) is 0 Å². The van der Waals surface area contributed by atoms with Crippen molar-refractivity contribution in [3.05, 3.63) is 73.4 Å². The van der Waals surface area contributed by atoms with Gasteiger partial charge in [0.05, 0.1) is 18.9 Å². The fourth-order valence-corrected chi connectivity index (χ4v) is 7.78. The van der Waals surface area contributed by atoms with E-state index in [2.05, 4.69) is 26.9 Å². The fraction of sp³-hybridized carbons (Fsp3) is 0.444. The van der Waals surface area contributed by atoms with Gasteiger partial charge in [0, 0.05) is 29.6 Å². The van der Waals surface area contributed by atoms with Crippen LogP contribution in [0.3, 0.4) is 0 Å². The van der Waals surface area contributed by atoms with Gasteiger partial charge in [-0.15, -0.1) is 6.58 Å². The molecule has 3 N–H and O–H groups in total. The van der Waals surface area contributed by atoms with Gasteiger partial charge in [-0.25, -0.2) is 13.4 Å². The first-order valence-corrected chi connectivity index (χ1v) is 18.0. The van der Waals surface area contributed by atoms with Gasteiger partial charge in [-0.1, -0.05) is 45.0 Å². The molecule has 1 saturated heterocycles. The van der Waals surface area contributed by atoms with Crippen molar-refractivity contribution in [2.24, 2.45) is 11.3 Å². The highest BCUT2D eigenvalue weighted by Gasteiger charge is 2.62. The Kier molecular flexibility index (Phi) is 9.08. The number of ether oxygens (including phenoxy) is 2. The van der Waals surface area contributed by atoms with Crippen LogP contribution in [-0.4, -0.2) is 78.7 Å². The van der Waals surface area contributed by atoms with Gasteiger partial charge in [0.25, 0.3) is 5.91 Å². The molecule has 2 aliphatic carbocycles. The van der Waals surface area contributed by atoms with E-state index < -0.39 is 62.1 Å². The van der Waals surface area contributed by atoms with Crippen molar-refractivity contribution in [2.75, 3.05) is 19.0 Å². The van der Waals surface area contributed by atoms with Gasteiger partial charge in [-0.2, -0.15) is 0 Å². The maximum Gasteiger partial charge on any atom is 0.259 e. The van der Waals surface area contributed by atoms with E-state index in [9.17, 15) is 22.8 Å². The van der Waals surface area contributed by atoms with Crippen LogP contribution in [0, 0.1) is 11.3 Å². The first kappa shape index (κ1) is 34.2. The molecule has 0 unspecified atom stereocenters. The highest BCUT2D eigenvalue weighted by Crippen LogP contribution is 2.45. The van der Waals surface area contributed by atoms with E-state index in [1.54, 1.807) is 19.4 Å². The number of carbonyl (C=O) groups excluding carboxylic acids is 3. The molecule has 0 radical (unpaired) electrons. The van der Waals surface area contributed by atoms with E-state index in [1.807, 2.05) is 69.3 Å². The van der Waals surface area contributed by atoms with Crippen LogP contribution in [0.4, 0.5) is 5.69 Å². The Labute approximate surface area is 286 Å². The van der Waals surface area contributed by atoms with Gasteiger partial charge in [0.2, 0.25) is 27.7 Å². The number of anilines is 1. The molecule has 2 heterocycles. The third-order valence-electron chi connectivity index (χ3n) is 9.51. The Morgan fingerprint density at radius 2 is 1.84 bits per heavy atom. The summed E-state index contributed by atoms with van der Waals surface area (Å²) in [4.78, 5) is 48.2. The predicted molar refractivity (Wildman–Crippen MR) is 185 cm³/mol. The molecule has 12 nitrogen and oxygen atoms in total. The van der Waals surface area contributed by atoms with Crippen molar-refractivity contribution in [1.29, 1.82) is 0 Å². The Bertz CT molecular complexity index is 1880. The first-order valence-electron chi connectivity index (χ1n) is 16.5. The molecule has 3 amide bonds. The van der Waals surface area contributed by atoms with Gasteiger partial charge in [0.15, 0.2) is 0 Å². The second-order valence-corrected chi connectivity index (χ2v) is 16.1. The second-order valence-electron chi connectivity index (χ2n) is 14.2. The lowest BCUT2D eigenvalue weighted by Gasteiger charge is -2.36. The molecule has 3 fully saturated rings. The highest BCUT2D eigenvalue weighted by molar-refractivity contribution is 7.91. The molecular weight excluding hydrogens is 646 g/mol. The fourth-order valence-electron chi connectivity index (χ4n) is 6.42. The minimum Gasteiger partial charge on any atom is -0.497 e. The van der Waals surface area contributed by atoms with Gasteiger partial charge < -0.3 is 25.0 Å². The number of hydrogen-bond donors (Lipinski definition) is 3. The molecule has 260 valence electrons. The zero-order chi connectivity index (χ0) is 35.1. The number of aromatic nitrogens is 1. The third-order valence-corrected chi connectivity index (χ3v) is 11.3. The summed E-state index contributed by atoms with van der Waals surface area (Å²) in [6, 6.07) is 15.0. The van der Waals surface area contributed by atoms with E-state index in [0.29, 0.717) is 24.5 Å². The molecule has 2 aromatic carbocycles. The summed E-state index contributed by atoms with van der Waals surface area (Å²) in [6.07, 6.45) is 3.82. The quantitative estimate of drug-likeness (QED) is 0.241. The summed E-state index contributed by atoms with van der Waals surface area (Å²) >= 11 is 0. The van der Waals surface area contributed by atoms with Crippen LogP contribution in [0.15, 0.2) is 73.4 Å². The number of amides is 3. The van der Waals surface area contributed by atoms with Crippen molar-refractivity contribution >= 4 is 44.2 Å². The average molecular weight is 690 g/mol. The largest absolute Gasteiger partial charge is 0.497 e. The second kappa shape index (κ2) is 13.0. The Balaban J connectivity index is 1.29. The Hall–Kier alpha value is -4.65. The minimum absolute atomic E-state index is 0.0777. The SMILES string of the molecule is C=C[C@@H]1C[C@]1(NC(=O)[C@@H]1C[C@@H](Oc2nccc3cc(OC)ccc23)CN1C(=O)[C@@H](Nc1ccccc1)C(C)(C)C)C(=O)NS(=O)(=O)C1CC1. The topological polar surface area (TPSA) is 156 Å². The zero-order valence-electron chi connectivity index (χ0n) is 28.1. The van der Waals surface area contributed by atoms with Gasteiger partial charge in [-0.3, -0.25) is 19.1 Å². The van der Waals surface area contributed by atoms with Crippen molar-refractivity contribution in [3.8, 4) is 11.6 Å². The lowest BCUT2D eigenvalue weighted by Crippen LogP contribution is -2.58. The summed E-state index contributed by atoms with van der Waals surface area (Å²) in [5.74, 6) is -1.13. The van der Waals surface area contributed by atoms with E-state index in [4.69, 9.17) is 9.47 Å². The number of benzene rings is 2. The molecule has 1 aromatic heterocycles. The van der Waals surface area contributed by atoms with Crippen LogP contribution in [0.5, 0.6) is 11.6 Å². The smallest absolute Gasteiger partial charge is 0.259 e. The normalized spacial score (nSPS) is 24.1. The number of likely N-dealkylation sites (tertiary alicyclic amines) is 1. The van der Waals surface area contributed by atoms with E-state index in [1.165, 1.54) is 11.0 Å². The van der Waals surface area contributed by atoms with Crippen LogP contribution in [0.25, 0.3) is 10.8 Å². The number of nitrogens with one attached hydrogen (secondary N) is 3. The van der Waals surface area contributed by atoms with Gasteiger partial charge >= 0.3 is 0 Å². The van der Waals surface area contributed by atoms with Crippen molar-refractivity contribution < 1.29 is 32.3 Å². The zero-order valence-corrected chi connectivity index (χ0v) is 29.0. The average Bonchev–Trinajstić information content (AvgIpc) is 4.00. The van der Waals surface area contributed by atoms with Crippen LogP contribution in [0.1, 0.15) is 46.5 Å². The first-order chi connectivity index (χ1) is 23.3. The van der Waals surface area contributed by atoms with Crippen LogP contribution >= 0.6 is 0 Å². The number of nitrogens with zero attached hydrogens (tertiary/aromatic N) is 2. The van der Waals surface area contributed by atoms with Crippen molar-refractivity contribution in [2.45, 2.75) is 75.4 Å². The number of rotatable bonds is 12. The van der Waals surface area contributed by atoms with Gasteiger partial charge in [0.1, 0.15) is 29.5 Å². The lowest BCUT2D eigenvalue weighted by atomic mass is 9.85. The summed E-state index contributed by atoms with van der Waals surface area (Å²) < 4.78 is 39.3. The Morgan fingerprint density at radius 3 is 2.47 bits per heavy atom. The number of carbonyl (C=O) groups is 3. The van der Waals surface area contributed by atoms with E-state index in [0.717, 1.165) is 16.5 Å². The van der Waals surface area contributed by atoms with E-state index >= 15 is 0 Å². The maximum absolute atomic E-state index is 14.5. The molecule has 13 heteroatoms. The summed E-state index contributed by atoms with van der Waals surface area (Å²) in [6.45, 7) is 9.69. The van der Waals surface area contributed by atoms with Crippen molar-refractivity contribution in [1.82, 2.24) is 19.9 Å². The number of para-hydroxylation sites is 1. The number of pyridine rings is 1. The summed E-state index contributed by atoms with van der Waals surface area (Å²) in [5.41, 5.74) is -1.30. The summed E-state index contributed by atoms with van der Waals surface area (Å²) in [5, 5.41) is 7.19. The van der Waals surface area contributed by atoms with Crippen LogP contribution in [0.2, 0.25) is 0 Å². The molecule has 1 aliphatic heterocycles.